The lowest BCUT2D eigenvalue weighted by atomic mass is 10.0. The van der Waals surface area contributed by atoms with Crippen molar-refractivity contribution in [2.75, 3.05) is 13.1 Å². The second-order valence-corrected chi connectivity index (χ2v) is 5.88. The first-order valence-electron chi connectivity index (χ1n) is 8.08. The lowest BCUT2D eigenvalue weighted by Crippen LogP contribution is -2.34. The lowest BCUT2D eigenvalue weighted by Gasteiger charge is -2.31. The maximum atomic E-state index is 11.1. The van der Waals surface area contributed by atoms with E-state index in [0.29, 0.717) is 6.54 Å². The van der Waals surface area contributed by atoms with E-state index < -0.39 is 5.97 Å². The van der Waals surface area contributed by atoms with Crippen LogP contribution in [0.15, 0.2) is 30.3 Å². The minimum absolute atomic E-state index is 0.259. The van der Waals surface area contributed by atoms with E-state index in [-0.39, 0.29) is 12.0 Å². The molecular weight excluding hydrogens is 262 g/mol. The number of aliphatic carboxylic acids is 1. The molecule has 1 N–H and O–H groups in total. The molecule has 0 aromatic heterocycles. The number of hydrogen-bond acceptors (Lipinski definition) is 2. The summed E-state index contributed by atoms with van der Waals surface area (Å²) < 4.78 is 0. The first-order valence-corrected chi connectivity index (χ1v) is 8.08. The van der Waals surface area contributed by atoms with Crippen LogP contribution in [0.3, 0.4) is 0 Å². The maximum absolute atomic E-state index is 11.1. The van der Waals surface area contributed by atoms with Gasteiger partial charge in [-0.1, -0.05) is 63.4 Å². The predicted molar refractivity (Wildman–Crippen MR) is 87.4 cm³/mol. The molecule has 0 heterocycles. The summed E-state index contributed by atoms with van der Waals surface area (Å²) in [4.78, 5) is 13.5. The zero-order valence-corrected chi connectivity index (χ0v) is 13.6. The monoisotopic (exact) mass is 291 g/mol. The molecule has 118 valence electrons. The van der Waals surface area contributed by atoms with E-state index in [2.05, 4.69) is 30.9 Å². The number of rotatable bonds is 10. The molecule has 0 spiro atoms. The van der Waals surface area contributed by atoms with Crippen molar-refractivity contribution in [1.29, 1.82) is 0 Å². The van der Waals surface area contributed by atoms with Gasteiger partial charge in [0.2, 0.25) is 0 Å². The largest absolute Gasteiger partial charge is 0.481 e. The quantitative estimate of drug-likeness (QED) is 0.651. The second-order valence-electron chi connectivity index (χ2n) is 5.88. The average Bonchev–Trinajstić information content (AvgIpc) is 2.50. The number of carbonyl (C=O) groups is 1. The summed E-state index contributed by atoms with van der Waals surface area (Å²) in [5.74, 6) is -1.05. The highest BCUT2D eigenvalue weighted by molar-refractivity contribution is 5.69. The highest BCUT2D eigenvalue weighted by Crippen LogP contribution is 2.22. The number of unbranched alkanes of at least 4 members (excludes halogenated alkanes) is 3. The van der Waals surface area contributed by atoms with Gasteiger partial charge in [-0.15, -0.1) is 0 Å². The molecule has 3 nitrogen and oxygen atoms in total. The third-order valence-corrected chi connectivity index (χ3v) is 4.06. The Hall–Kier alpha value is -1.35. The Labute approximate surface area is 129 Å². The molecule has 0 aliphatic carbocycles. The molecule has 1 aromatic carbocycles. The van der Waals surface area contributed by atoms with Crippen molar-refractivity contribution in [2.45, 2.75) is 52.5 Å². The molecule has 0 saturated heterocycles. The van der Waals surface area contributed by atoms with Crippen molar-refractivity contribution in [2.24, 2.45) is 5.92 Å². The zero-order chi connectivity index (χ0) is 15.7. The molecule has 0 bridgehead atoms. The van der Waals surface area contributed by atoms with Gasteiger partial charge in [0.25, 0.3) is 0 Å². The molecular formula is C18H29NO2. The Kier molecular flexibility index (Phi) is 8.06. The first kappa shape index (κ1) is 17.7. The normalized spacial score (nSPS) is 14.1. The maximum Gasteiger partial charge on any atom is 0.307 e. The van der Waals surface area contributed by atoms with Gasteiger partial charge >= 0.3 is 5.97 Å². The third-order valence-electron chi connectivity index (χ3n) is 4.06. The van der Waals surface area contributed by atoms with Crippen molar-refractivity contribution >= 4 is 5.97 Å². The highest BCUT2D eigenvalue weighted by atomic mass is 16.4. The van der Waals surface area contributed by atoms with E-state index in [4.69, 9.17) is 5.11 Å². The van der Waals surface area contributed by atoms with Crippen molar-refractivity contribution in [3.63, 3.8) is 0 Å². The van der Waals surface area contributed by atoms with Crippen LogP contribution in [0.4, 0.5) is 0 Å². The van der Waals surface area contributed by atoms with Crippen molar-refractivity contribution in [1.82, 2.24) is 4.90 Å². The molecule has 2 atom stereocenters. The van der Waals surface area contributed by atoms with Crippen LogP contribution in [0.2, 0.25) is 0 Å². The standard InChI is InChI=1S/C18H29NO2/c1-4-5-6-10-13-19(14-15(2)18(20)21)16(3)17-11-8-7-9-12-17/h7-9,11-12,15-16H,4-6,10,13-14H2,1-3H3,(H,20,21). The molecule has 0 saturated carbocycles. The van der Waals surface area contributed by atoms with E-state index in [9.17, 15) is 4.79 Å². The molecule has 0 amide bonds. The molecule has 2 unspecified atom stereocenters. The van der Waals surface area contributed by atoms with Crippen LogP contribution in [-0.4, -0.2) is 29.1 Å². The Morgan fingerprint density at radius 2 is 1.81 bits per heavy atom. The van der Waals surface area contributed by atoms with Crippen LogP contribution in [0.1, 0.15) is 58.1 Å². The van der Waals surface area contributed by atoms with Crippen LogP contribution in [0.25, 0.3) is 0 Å². The minimum atomic E-state index is -0.714. The summed E-state index contributed by atoms with van der Waals surface area (Å²) in [6.07, 6.45) is 4.83. The predicted octanol–water partition coefficient (Wildman–Crippen LogP) is 4.35. The molecule has 0 aliphatic rings. The van der Waals surface area contributed by atoms with Crippen LogP contribution in [0, 0.1) is 5.92 Å². The van der Waals surface area contributed by atoms with E-state index >= 15 is 0 Å². The van der Waals surface area contributed by atoms with Gasteiger partial charge in [-0.25, -0.2) is 0 Å². The highest BCUT2D eigenvalue weighted by Gasteiger charge is 2.21. The summed E-state index contributed by atoms with van der Waals surface area (Å²) in [6.45, 7) is 7.74. The summed E-state index contributed by atoms with van der Waals surface area (Å²) in [5.41, 5.74) is 1.26. The van der Waals surface area contributed by atoms with Crippen molar-refractivity contribution in [3.8, 4) is 0 Å². The van der Waals surface area contributed by atoms with Crippen LogP contribution >= 0.6 is 0 Å². The Bertz CT molecular complexity index is 405. The summed E-state index contributed by atoms with van der Waals surface area (Å²) in [7, 11) is 0. The SMILES string of the molecule is CCCCCCN(CC(C)C(=O)O)C(C)c1ccccc1. The molecule has 0 fully saturated rings. The van der Waals surface area contributed by atoms with E-state index in [1.165, 1.54) is 24.8 Å². The van der Waals surface area contributed by atoms with Gasteiger partial charge in [0, 0.05) is 12.6 Å². The summed E-state index contributed by atoms with van der Waals surface area (Å²) in [5, 5.41) is 9.17. The van der Waals surface area contributed by atoms with Gasteiger partial charge in [0.1, 0.15) is 0 Å². The second kappa shape index (κ2) is 9.56. The smallest absolute Gasteiger partial charge is 0.307 e. The van der Waals surface area contributed by atoms with E-state index in [1.54, 1.807) is 6.92 Å². The van der Waals surface area contributed by atoms with Gasteiger partial charge in [-0.05, 0) is 25.5 Å². The van der Waals surface area contributed by atoms with Crippen LogP contribution in [0.5, 0.6) is 0 Å². The van der Waals surface area contributed by atoms with Gasteiger partial charge in [-0.3, -0.25) is 9.69 Å². The Morgan fingerprint density at radius 3 is 2.38 bits per heavy atom. The summed E-state index contributed by atoms with van der Waals surface area (Å²) in [6, 6.07) is 10.6. The number of hydrogen-bond donors (Lipinski definition) is 1. The topological polar surface area (TPSA) is 40.5 Å². The minimum Gasteiger partial charge on any atom is -0.481 e. The fraction of sp³-hybridized carbons (Fsp3) is 0.611. The number of benzene rings is 1. The van der Waals surface area contributed by atoms with Gasteiger partial charge in [-0.2, -0.15) is 0 Å². The first-order chi connectivity index (χ1) is 10.1. The number of carboxylic acid groups (broad SMARTS) is 1. The molecule has 0 aliphatic heterocycles. The molecule has 1 rings (SSSR count). The molecule has 21 heavy (non-hydrogen) atoms. The Balaban J connectivity index is 2.68. The average molecular weight is 291 g/mol. The van der Waals surface area contributed by atoms with Gasteiger partial charge in [0.05, 0.1) is 5.92 Å². The van der Waals surface area contributed by atoms with Gasteiger partial charge in [0.15, 0.2) is 0 Å². The molecule has 0 radical (unpaired) electrons. The van der Waals surface area contributed by atoms with Gasteiger partial charge < -0.3 is 5.11 Å². The van der Waals surface area contributed by atoms with Crippen LogP contribution < -0.4 is 0 Å². The number of carboxylic acids is 1. The van der Waals surface area contributed by atoms with Crippen LogP contribution in [-0.2, 0) is 4.79 Å². The van der Waals surface area contributed by atoms with E-state index in [0.717, 1.165) is 13.0 Å². The number of nitrogens with zero attached hydrogens (tertiary/aromatic N) is 1. The fourth-order valence-electron chi connectivity index (χ4n) is 2.56. The third kappa shape index (κ3) is 6.30. The fourth-order valence-corrected chi connectivity index (χ4v) is 2.56. The zero-order valence-electron chi connectivity index (χ0n) is 13.6. The Morgan fingerprint density at radius 1 is 1.14 bits per heavy atom. The molecule has 1 aromatic rings. The van der Waals surface area contributed by atoms with E-state index in [1.807, 2.05) is 18.2 Å². The van der Waals surface area contributed by atoms with Crippen molar-refractivity contribution < 1.29 is 9.90 Å². The van der Waals surface area contributed by atoms with Crippen molar-refractivity contribution in [3.05, 3.63) is 35.9 Å². The molecule has 3 heteroatoms. The summed E-state index contributed by atoms with van der Waals surface area (Å²) >= 11 is 0. The lowest BCUT2D eigenvalue weighted by molar-refractivity contribution is -0.141.